The molecule has 0 saturated heterocycles. The van der Waals surface area contributed by atoms with Crippen LogP contribution in [0, 0.1) is 24.0 Å². The lowest BCUT2D eigenvalue weighted by atomic mass is 10.3. The summed E-state index contributed by atoms with van der Waals surface area (Å²) in [5.74, 6) is -0.339. The van der Waals surface area contributed by atoms with Gasteiger partial charge in [0, 0.05) is 11.4 Å². The minimum absolute atomic E-state index is 0.0792. The molecule has 0 spiro atoms. The van der Waals surface area contributed by atoms with E-state index in [0.717, 1.165) is 9.88 Å². The van der Waals surface area contributed by atoms with Crippen molar-refractivity contribution in [3.63, 3.8) is 0 Å². The number of carbonyl (C=O) groups excluding carboxylic acids is 1. The molecule has 1 amide bonds. The molecule has 0 aliphatic carbocycles. The van der Waals surface area contributed by atoms with Gasteiger partial charge in [-0.1, -0.05) is 0 Å². The van der Waals surface area contributed by atoms with Gasteiger partial charge in [0.15, 0.2) is 0 Å². The fourth-order valence-corrected chi connectivity index (χ4v) is 1.92. The van der Waals surface area contributed by atoms with Gasteiger partial charge in [0.1, 0.15) is 12.3 Å². The van der Waals surface area contributed by atoms with E-state index in [1.165, 1.54) is 11.3 Å². The number of thiazole rings is 1. The summed E-state index contributed by atoms with van der Waals surface area (Å²) in [6.45, 7) is 3.52. The Morgan fingerprint density at radius 2 is 2.31 bits per heavy atom. The molecular weight excluding hydrogens is 234 g/mol. The third-order valence-corrected chi connectivity index (χ3v) is 2.59. The highest BCUT2D eigenvalue weighted by atomic mass is 32.1. The minimum atomic E-state index is -0.898. The number of amides is 1. The number of nitrogens with zero attached hydrogens (tertiary/aromatic N) is 2. The van der Waals surface area contributed by atoms with E-state index < -0.39 is 5.09 Å². The summed E-state index contributed by atoms with van der Waals surface area (Å²) in [5, 5.41) is 12.2. The molecule has 0 radical (unpaired) electrons. The smallest absolute Gasteiger partial charge is 0.294 e. The third kappa shape index (κ3) is 3.46. The molecule has 0 unspecified atom stereocenters. The van der Waals surface area contributed by atoms with Crippen LogP contribution in [0.15, 0.2) is 0 Å². The van der Waals surface area contributed by atoms with Crippen LogP contribution in [0.1, 0.15) is 20.4 Å². The lowest BCUT2D eigenvalue weighted by Crippen LogP contribution is -2.28. The highest BCUT2D eigenvalue weighted by Crippen LogP contribution is 2.15. The fraction of sp³-hybridized carbons (Fsp3) is 0.500. The van der Waals surface area contributed by atoms with Gasteiger partial charge < -0.3 is 10.2 Å². The van der Waals surface area contributed by atoms with Crippen molar-refractivity contribution in [1.82, 2.24) is 10.3 Å². The highest BCUT2D eigenvalue weighted by Gasteiger charge is 2.13. The molecule has 0 aliphatic heterocycles. The van der Waals surface area contributed by atoms with Crippen LogP contribution in [0.3, 0.4) is 0 Å². The van der Waals surface area contributed by atoms with E-state index in [0.29, 0.717) is 5.69 Å². The molecule has 1 heterocycles. The molecule has 1 aromatic heterocycles. The summed E-state index contributed by atoms with van der Waals surface area (Å²) in [6, 6.07) is 0. The van der Waals surface area contributed by atoms with Crippen LogP contribution >= 0.6 is 11.3 Å². The molecule has 0 saturated carbocycles. The normalized spacial score (nSPS) is 9.88. The van der Waals surface area contributed by atoms with E-state index in [1.807, 2.05) is 6.92 Å². The summed E-state index contributed by atoms with van der Waals surface area (Å²) >= 11 is 1.43. The van der Waals surface area contributed by atoms with Crippen molar-refractivity contribution in [2.24, 2.45) is 0 Å². The van der Waals surface area contributed by atoms with Crippen molar-refractivity contribution in [3.05, 3.63) is 25.7 Å². The largest absolute Gasteiger partial charge is 0.349 e. The van der Waals surface area contributed by atoms with Gasteiger partial charge >= 0.3 is 0 Å². The van der Waals surface area contributed by atoms with Crippen molar-refractivity contribution in [2.75, 3.05) is 13.2 Å². The number of aromatic nitrogens is 1. The van der Waals surface area contributed by atoms with Gasteiger partial charge in [-0.05, 0) is 13.8 Å². The van der Waals surface area contributed by atoms with Gasteiger partial charge in [0.2, 0.25) is 0 Å². The lowest BCUT2D eigenvalue weighted by molar-refractivity contribution is -0.757. The third-order valence-electron chi connectivity index (χ3n) is 1.70. The summed E-state index contributed by atoms with van der Waals surface area (Å²) in [5.41, 5.74) is 0.364. The van der Waals surface area contributed by atoms with Crippen LogP contribution in [-0.4, -0.2) is 29.1 Å². The molecular formula is C8H11N3O4S. The average molecular weight is 245 g/mol. The molecule has 88 valence electrons. The van der Waals surface area contributed by atoms with Crippen LogP contribution in [0.2, 0.25) is 0 Å². The predicted octanol–water partition coefficient (Wildman–Crippen LogP) is 0.698. The number of hydrogen-bond acceptors (Lipinski definition) is 6. The van der Waals surface area contributed by atoms with Crippen LogP contribution in [0.4, 0.5) is 0 Å². The van der Waals surface area contributed by atoms with Crippen molar-refractivity contribution < 1.29 is 14.7 Å². The summed E-state index contributed by atoms with van der Waals surface area (Å²) in [4.78, 5) is 30.3. The fourth-order valence-electron chi connectivity index (χ4n) is 1.11. The Kier molecular flexibility index (Phi) is 4.18. The zero-order chi connectivity index (χ0) is 12.1. The zero-order valence-electron chi connectivity index (χ0n) is 8.85. The molecule has 1 N–H and O–H groups in total. The van der Waals surface area contributed by atoms with Crippen LogP contribution < -0.4 is 5.32 Å². The highest BCUT2D eigenvalue weighted by molar-refractivity contribution is 7.11. The molecule has 0 atom stereocenters. The molecule has 0 bridgehead atoms. The van der Waals surface area contributed by atoms with E-state index in [1.54, 1.807) is 6.92 Å². The summed E-state index contributed by atoms with van der Waals surface area (Å²) in [6.07, 6.45) is 0. The predicted molar refractivity (Wildman–Crippen MR) is 56.9 cm³/mol. The molecule has 16 heavy (non-hydrogen) atoms. The van der Waals surface area contributed by atoms with Crippen LogP contribution in [0.5, 0.6) is 0 Å². The first kappa shape index (κ1) is 12.4. The van der Waals surface area contributed by atoms with Gasteiger partial charge in [0.05, 0.1) is 5.01 Å². The van der Waals surface area contributed by atoms with E-state index in [-0.39, 0.29) is 19.1 Å². The second-order valence-electron chi connectivity index (χ2n) is 2.95. The lowest BCUT2D eigenvalue weighted by Gasteiger charge is -2.02. The number of carbonyl (C=O) groups is 1. The van der Waals surface area contributed by atoms with E-state index >= 15 is 0 Å². The summed E-state index contributed by atoms with van der Waals surface area (Å²) < 4.78 is 0. The Morgan fingerprint density at radius 1 is 1.62 bits per heavy atom. The standard InChI is InChI=1S/C8H11N3O4S/c1-5-7(10-6(2)16-5)8(12)9-3-4-15-11(13)14/h3-4H2,1-2H3,(H,9,12). The topological polar surface area (TPSA) is 94.4 Å². The quantitative estimate of drug-likeness (QED) is 0.468. The van der Waals surface area contributed by atoms with Gasteiger partial charge in [-0.25, -0.2) is 4.98 Å². The van der Waals surface area contributed by atoms with Gasteiger partial charge in [-0.2, -0.15) is 0 Å². The number of aryl methyl sites for hydroxylation is 2. The maximum absolute atomic E-state index is 11.5. The van der Waals surface area contributed by atoms with Crippen molar-refractivity contribution >= 4 is 17.2 Å². The Balaban J connectivity index is 2.41. The van der Waals surface area contributed by atoms with E-state index in [9.17, 15) is 14.9 Å². The molecule has 1 rings (SSSR count). The number of nitrogens with one attached hydrogen (secondary N) is 1. The first-order valence-corrected chi connectivity index (χ1v) is 5.32. The molecule has 1 aromatic rings. The number of rotatable bonds is 5. The van der Waals surface area contributed by atoms with E-state index in [2.05, 4.69) is 15.1 Å². The first-order chi connectivity index (χ1) is 7.50. The second kappa shape index (κ2) is 5.40. The molecule has 8 heteroatoms. The molecule has 0 fully saturated rings. The Hall–Kier alpha value is -1.70. The van der Waals surface area contributed by atoms with Gasteiger partial charge in [-0.3, -0.25) is 4.79 Å². The summed E-state index contributed by atoms with van der Waals surface area (Å²) in [7, 11) is 0. The maximum Gasteiger partial charge on any atom is 0.294 e. The van der Waals surface area contributed by atoms with Crippen LogP contribution in [0.25, 0.3) is 0 Å². The van der Waals surface area contributed by atoms with Crippen LogP contribution in [-0.2, 0) is 4.84 Å². The molecule has 7 nitrogen and oxygen atoms in total. The zero-order valence-corrected chi connectivity index (χ0v) is 9.67. The maximum atomic E-state index is 11.5. The Labute approximate surface area is 95.5 Å². The number of hydrogen-bond donors (Lipinski definition) is 1. The SMILES string of the molecule is Cc1nc(C(=O)NCCO[N+](=O)[O-])c(C)s1. The van der Waals surface area contributed by atoms with Gasteiger partial charge in [0.25, 0.3) is 11.0 Å². The minimum Gasteiger partial charge on any atom is -0.349 e. The first-order valence-electron chi connectivity index (χ1n) is 4.50. The second-order valence-corrected chi connectivity index (χ2v) is 4.36. The molecule has 0 aromatic carbocycles. The Bertz CT molecular complexity index is 404. The van der Waals surface area contributed by atoms with Gasteiger partial charge in [-0.15, -0.1) is 21.5 Å². The monoisotopic (exact) mass is 245 g/mol. The van der Waals surface area contributed by atoms with E-state index in [4.69, 9.17) is 0 Å². The average Bonchev–Trinajstić information content (AvgIpc) is 2.52. The molecule has 0 aliphatic rings. The Morgan fingerprint density at radius 3 is 2.81 bits per heavy atom. The van der Waals surface area contributed by atoms with Crippen molar-refractivity contribution in [1.29, 1.82) is 0 Å². The van der Waals surface area contributed by atoms with Crippen molar-refractivity contribution in [2.45, 2.75) is 13.8 Å². The van der Waals surface area contributed by atoms with Crippen molar-refractivity contribution in [3.8, 4) is 0 Å².